The van der Waals surface area contributed by atoms with E-state index in [-0.39, 0.29) is 5.75 Å². The molecule has 0 aliphatic carbocycles. The van der Waals surface area contributed by atoms with Crippen molar-refractivity contribution in [2.24, 2.45) is 0 Å². The fourth-order valence-corrected chi connectivity index (χ4v) is 3.32. The summed E-state index contributed by atoms with van der Waals surface area (Å²) >= 11 is 0. The number of aryl methyl sites for hydroxylation is 1. The number of phenolic OH excluding ortho intramolecular Hbond substituents is 1. The van der Waals surface area contributed by atoms with E-state index in [4.69, 9.17) is 9.47 Å². The second-order valence-electron chi connectivity index (χ2n) is 7.05. The van der Waals surface area contributed by atoms with Crippen LogP contribution in [0.15, 0.2) is 42.7 Å². The third kappa shape index (κ3) is 4.87. The van der Waals surface area contributed by atoms with Gasteiger partial charge in [-0.3, -0.25) is 0 Å². The van der Waals surface area contributed by atoms with Crippen LogP contribution in [0.1, 0.15) is 45.1 Å². The first-order chi connectivity index (χ1) is 14.7. The van der Waals surface area contributed by atoms with Crippen molar-refractivity contribution in [3.63, 3.8) is 0 Å². The van der Waals surface area contributed by atoms with Crippen LogP contribution < -0.4 is 9.47 Å². The van der Waals surface area contributed by atoms with E-state index in [0.717, 1.165) is 30.4 Å². The van der Waals surface area contributed by atoms with Gasteiger partial charge in [0.25, 0.3) is 0 Å². The quantitative estimate of drug-likeness (QED) is 0.451. The van der Waals surface area contributed by atoms with Crippen LogP contribution >= 0.6 is 0 Å². The molecule has 0 saturated carbocycles. The van der Waals surface area contributed by atoms with Crippen LogP contribution in [0.3, 0.4) is 0 Å². The Hall–Kier alpha value is -3.15. The predicted molar refractivity (Wildman–Crippen MR) is 118 cm³/mol. The Morgan fingerprint density at radius 2 is 1.67 bits per heavy atom. The molecule has 2 aromatic carbocycles. The zero-order valence-corrected chi connectivity index (χ0v) is 17.9. The van der Waals surface area contributed by atoms with E-state index in [1.54, 1.807) is 7.11 Å². The molecular weight excluding hydrogens is 378 g/mol. The number of phenols is 1. The van der Waals surface area contributed by atoms with Crippen molar-refractivity contribution in [2.45, 2.75) is 46.0 Å². The summed E-state index contributed by atoms with van der Waals surface area (Å²) in [6, 6.07) is 11.3. The molecule has 0 radical (unpaired) electrons. The zero-order chi connectivity index (χ0) is 21.3. The lowest BCUT2D eigenvalue weighted by molar-refractivity contribution is 0.287. The van der Waals surface area contributed by atoms with Crippen molar-refractivity contribution >= 4 is 0 Å². The number of benzene rings is 2. The van der Waals surface area contributed by atoms with Gasteiger partial charge in [-0.1, -0.05) is 51.3 Å². The molecule has 0 atom stereocenters. The van der Waals surface area contributed by atoms with E-state index < -0.39 is 0 Å². The van der Waals surface area contributed by atoms with Gasteiger partial charge in [-0.25, -0.2) is 15.0 Å². The Morgan fingerprint density at radius 1 is 0.900 bits per heavy atom. The number of nitrogens with zero attached hydrogens (tertiary/aromatic N) is 3. The molecule has 158 valence electrons. The maximum atomic E-state index is 11.0. The number of ether oxygens (including phenoxy) is 2. The summed E-state index contributed by atoms with van der Waals surface area (Å²) in [5.74, 6) is 2.14. The maximum Gasteiger partial charge on any atom is 0.169 e. The highest BCUT2D eigenvalue weighted by Crippen LogP contribution is 2.39. The number of hydrogen-bond donors (Lipinski definition) is 1. The fourth-order valence-electron chi connectivity index (χ4n) is 3.32. The van der Waals surface area contributed by atoms with Crippen LogP contribution in [0.25, 0.3) is 22.8 Å². The lowest BCUT2D eigenvalue weighted by Gasteiger charge is -2.15. The van der Waals surface area contributed by atoms with Crippen LogP contribution in [0.5, 0.6) is 17.2 Å². The molecule has 0 saturated heterocycles. The Labute approximate surface area is 178 Å². The number of rotatable bonds is 10. The number of para-hydroxylation sites is 1. The van der Waals surface area contributed by atoms with Crippen molar-refractivity contribution in [1.82, 2.24) is 15.0 Å². The van der Waals surface area contributed by atoms with E-state index >= 15 is 0 Å². The minimum atomic E-state index is 0.0713. The summed E-state index contributed by atoms with van der Waals surface area (Å²) in [5.41, 5.74) is 2.25. The van der Waals surface area contributed by atoms with Crippen LogP contribution in [-0.2, 0) is 6.42 Å². The second-order valence-corrected chi connectivity index (χ2v) is 7.05. The number of hydrogen-bond acceptors (Lipinski definition) is 6. The number of aromatic hydroxyl groups is 1. The average molecular weight is 408 g/mol. The highest BCUT2D eigenvalue weighted by atomic mass is 16.5. The van der Waals surface area contributed by atoms with Gasteiger partial charge in [-0.05, 0) is 36.6 Å². The molecule has 0 aliphatic heterocycles. The van der Waals surface area contributed by atoms with Crippen molar-refractivity contribution < 1.29 is 14.6 Å². The maximum absolute atomic E-state index is 11.0. The van der Waals surface area contributed by atoms with Crippen LogP contribution in [0.2, 0.25) is 0 Å². The molecule has 3 rings (SSSR count). The molecule has 6 heteroatoms. The molecule has 0 unspecified atom stereocenters. The van der Waals surface area contributed by atoms with E-state index in [2.05, 4.69) is 21.9 Å². The third-order valence-electron chi connectivity index (χ3n) is 5.00. The molecule has 0 aliphatic rings. The van der Waals surface area contributed by atoms with Gasteiger partial charge in [0.2, 0.25) is 0 Å². The molecular formula is C24H29N3O3. The first-order valence-electron chi connectivity index (χ1n) is 10.5. The van der Waals surface area contributed by atoms with E-state index in [1.165, 1.54) is 19.2 Å². The summed E-state index contributed by atoms with van der Waals surface area (Å²) in [6.07, 6.45) is 6.66. The molecule has 0 fully saturated rings. The van der Waals surface area contributed by atoms with Gasteiger partial charge in [0.1, 0.15) is 12.1 Å². The normalized spacial score (nSPS) is 10.8. The lowest BCUT2D eigenvalue weighted by Crippen LogP contribution is -2.02. The van der Waals surface area contributed by atoms with Gasteiger partial charge in [-0.2, -0.15) is 0 Å². The van der Waals surface area contributed by atoms with Gasteiger partial charge in [0.15, 0.2) is 23.1 Å². The summed E-state index contributed by atoms with van der Waals surface area (Å²) in [5, 5.41) is 11.0. The summed E-state index contributed by atoms with van der Waals surface area (Å²) in [6.45, 7) is 4.80. The largest absolute Gasteiger partial charge is 0.504 e. The highest BCUT2D eigenvalue weighted by Gasteiger charge is 2.18. The van der Waals surface area contributed by atoms with Gasteiger partial charge < -0.3 is 14.6 Å². The topological polar surface area (TPSA) is 77.4 Å². The Morgan fingerprint density at radius 3 is 2.40 bits per heavy atom. The number of unbranched alkanes of at least 4 members (excludes halogenated alkanes) is 3. The number of aromatic nitrogens is 3. The predicted octanol–water partition coefficient (Wildman–Crippen LogP) is 5.44. The molecule has 0 bridgehead atoms. The molecule has 1 heterocycles. The molecule has 3 aromatic rings. The zero-order valence-electron chi connectivity index (χ0n) is 17.9. The molecule has 1 aromatic heterocycles. The minimum absolute atomic E-state index is 0.0713. The summed E-state index contributed by atoms with van der Waals surface area (Å²) in [4.78, 5) is 13.2. The van der Waals surface area contributed by atoms with E-state index in [9.17, 15) is 5.11 Å². The van der Waals surface area contributed by atoms with Gasteiger partial charge >= 0.3 is 0 Å². The highest BCUT2D eigenvalue weighted by molar-refractivity contribution is 5.72. The van der Waals surface area contributed by atoms with Crippen LogP contribution in [-0.4, -0.2) is 33.8 Å². The Kier molecular flexibility index (Phi) is 7.60. The monoisotopic (exact) mass is 407 g/mol. The average Bonchev–Trinajstić information content (AvgIpc) is 2.79. The van der Waals surface area contributed by atoms with Crippen LogP contribution in [0.4, 0.5) is 0 Å². The molecule has 1 N–H and O–H groups in total. The van der Waals surface area contributed by atoms with Crippen molar-refractivity contribution in [3.8, 4) is 40.0 Å². The molecule has 0 spiro atoms. The minimum Gasteiger partial charge on any atom is -0.504 e. The Balaban J connectivity index is 1.93. The lowest BCUT2D eigenvalue weighted by atomic mass is 10.1. The first-order valence-corrected chi connectivity index (χ1v) is 10.5. The summed E-state index contributed by atoms with van der Waals surface area (Å²) < 4.78 is 11.4. The SMILES string of the molecule is CCCCCCOc1c(CC)ccc(-c2ncnc(-c3ccccc3OC)n2)c1O. The van der Waals surface area contributed by atoms with Gasteiger partial charge in [0.05, 0.1) is 24.8 Å². The second kappa shape index (κ2) is 10.6. The smallest absolute Gasteiger partial charge is 0.169 e. The molecule has 30 heavy (non-hydrogen) atoms. The molecule has 6 nitrogen and oxygen atoms in total. The first kappa shape index (κ1) is 21.6. The van der Waals surface area contributed by atoms with E-state index in [1.807, 2.05) is 43.3 Å². The molecule has 0 amide bonds. The summed E-state index contributed by atoms with van der Waals surface area (Å²) in [7, 11) is 1.61. The van der Waals surface area contributed by atoms with Crippen LogP contribution in [0, 0.1) is 0 Å². The standard InChI is InChI=1S/C24H29N3O3/c1-4-6-7-10-15-30-22-17(5-2)13-14-19(21(22)28)24-26-16-25-23(27-24)18-11-8-9-12-20(18)29-3/h8-9,11-14,16,28H,4-7,10,15H2,1-3H3. The Bertz CT molecular complexity index is 976. The van der Waals surface area contributed by atoms with Crippen molar-refractivity contribution in [2.75, 3.05) is 13.7 Å². The van der Waals surface area contributed by atoms with E-state index in [0.29, 0.717) is 35.3 Å². The van der Waals surface area contributed by atoms with Gasteiger partial charge in [-0.15, -0.1) is 0 Å². The fraction of sp³-hybridized carbons (Fsp3) is 0.375. The van der Waals surface area contributed by atoms with Crippen molar-refractivity contribution in [1.29, 1.82) is 0 Å². The number of methoxy groups -OCH3 is 1. The van der Waals surface area contributed by atoms with Gasteiger partial charge in [0, 0.05) is 0 Å². The van der Waals surface area contributed by atoms with Crippen molar-refractivity contribution in [3.05, 3.63) is 48.3 Å². The third-order valence-corrected chi connectivity index (χ3v) is 5.00.